The van der Waals surface area contributed by atoms with Crippen LogP contribution in [0.2, 0.25) is 5.02 Å². The molecule has 0 fully saturated rings. The molecule has 2 aliphatic rings. The van der Waals surface area contributed by atoms with E-state index < -0.39 is 6.04 Å². The minimum Gasteiger partial charge on any atom is -0.324 e. The minimum atomic E-state index is -0.441. The summed E-state index contributed by atoms with van der Waals surface area (Å²) in [5.41, 5.74) is 3.15. The molecule has 2 aliphatic heterocycles. The number of anilines is 1. The zero-order chi connectivity index (χ0) is 19.8. The van der Waals surface area contributed by atoms with Crippen molar-refractivity contribution in [1.29, 1.82) is 0 Å². The number of hydrogen-bond acceptors (Lipinski definition) is 5. The number of carbonyl (C=O) groups is 2. The SMILES string of the molecule is Cc1ccc(NC(=O)CSC2=Nc3ccccc3C3=NC(=O)C(C)N23)c(Cl)c1. The molecule has 4 rings (SSSR count). The van der Waals surface area contributed by atoms with E-state index in [1.807, 2.05) is 37.3 Å². The van der Waals surface area contributed by atoms with Gasteiger partial charge >= 0.3 is 0 Å². The van der Waals surface area contributed by atoms with Crippen molar-refractivity contribution in [2.75, 3.05) is 11.1 Å². The highest BCUT2D eigenvalue weighted by Crippen LogP contribution is 2.34. The van der Waals surface area contributed by atoms with Gasteiger partial charge in [0.2, 0.25) is 5.91 Å². The van der Waals surface area contributed by atoms with Crippen molar-refractivity contribution >= 4 is 57.6 Å². The number of rotatable bonds is 3. The average molecular weight is 413 g/mol. The van der Waals surface area contributed by atoms with Gasteiger partial charge in [-0.1, -0.05) is 41.6 Å². The monoisotopic (exact) mass is 412 g/mol. The number of carbonyl (C=O) groups excluding carboxylic acids is 2. The number of halogens is 1. The second-order valence-corrected chi connectivity index (χ2v) is 7.90. The van der Waals surface area contributed by atoms with Gasteiger partial charge in [0.15, 0.2) is 5.17 Å². The lowest BCUT2D eigenvalue weighted by Crippen LogP contribution is -2.42. The number of amides is 2. The van der Waals surface area contributed by atoms with Crippen molar-refractivity contribution < 1.29 is 9.59 Å². The van der Waals surface area contributed by atoms with E-state index in [0.717, 1.165) is 16.8 Å². The predicted octanol–water partition coefficient (Wildman–Crippen LogP) is 4.00. The van der Waals surface area contributed by atoms with Crippen LogP contribution in [0.15, 0.2) is 52.4 Å². The van der Waals surface area contributed by atoms with Gasteiger partial charge in [-0.05, 0) is 43.7 Å². The quantitative estimate of drug-likeness (QED) is 0.826. The molecule has 2 amide bonds. The lowest BCUT2D eigenvalue weighted by Gasteiger charge is -2.29. The molecule has 8 heteroatoms. The summed E-state index contributed by atoms with van der Waals surface area (Å²) in [6.07, 6.45) is 0. The van der Waals surface area contributed by atoms with Crippen LogP contribution in [0.3, 0.4) is 0 Å². The van der Waals surface area contributed by atoms with Gasteiger partial charge in [-0.25, -0.2) is 4.99 Å². The fourth-order valence-corrected chi connectivity index (χ4v) is 4.21. The first-order chi connectivity index (χ1) is 13.4. The highest BCUT2D eigenvalue weighted by molar-refractivity contribution is 8.14. The Hall–Kier alpha value is -2.64. The molecule has 0 spiro atoms. The van der Waals surface area contributed by atoms with Crippen molar-refractivity contribution in [2.45, 2.75) is 19.9 Å². The van der Waals surface area contributed by atoms with Crippen LogP contribution < -0.4 is 5.32 Å². The van der Waals surface area contributed by atoms with Gasteiger partial charge in [0, 0.05) is 5.56 Å². The summed E-state index contributed by atoms with van der Waals surface area (Å²) in [6.45, 7) is 3.72. The summed E-state index contributed by atoms with van der Waals surface area (Å²) < 4.78 is 0. The number of nitrogens with zero attached hydrogens (tertiary/aromatic N) is 3. The lowest BCUT2D eigenvalue weighted by molar-refractivity contribution is -0.119. The summed E-state index contributed by atoms with van der Waals surface area (Å²) in [6, 6.07) is 12.6. The van der Waals surface area contributed by atoms with E-state index in [4.69, 9.17) is 11.6 Å². The number of amidine groups is 2. The second-order valence-electron chi connectivity index (χ2n) is 6.55. The van der Waals surface area contributed by atoms with Gasteiger partial charge in [0.25, 0.3) is 5.91 Å². The van der Waals surface area contributed by atoms with Crippen LogP contribution in [0.1, 0.15) is 18.1 Å². The average Bonchev–Trinajstić information content (AvgIpc) is 2.97. The zero-order valence-corrected chi connectivity index (χ0v) is 16.8. The third-order valence-electron chi connectivity index (χ3n) is 4.49. The molecule has 2 aromatic rings. The van der Waals surface area contributed by atoms with Crippen molar-refractivity contribution in [3.63, 3.8) is 0 Å². The number of nitrogens with one attached hydrogen (secondary N) is 1. The fourth-order valence-electron chi connectivity index (χ4n) is 3.05. The van der Waals surface area contributed by atoms with E-state index >= 15 is 0 Å². The Balaban J connectivity index is 1.53. The topological polar surface area (TPSA) is 74.1 Å². The third kappa shape index (κ3) is 3.43. The molecule has 6 nitrogen and oxygen atoms in total. The van der Waals surface area contributed by atoms with E-state index in [1.54, 1.807) is 24.0 Å². The third-order valence-corrected chi connectivity index (χ3v) is 5.75. The van der Waals surface area contributed by atoms with E-state index in [9.17, 15) is 9.59 Å². The lowest BCUT2D eigenvalue weighted by atomic mass is 10.1. The van der Waals surface area contributed by atoms with Gasteiger partial charge in [-0.3, -0.25) is 14.5 Å². The molecule has 0 aliphatic carbocycles. The normalized spacial score (nSPS) is 17.6. The molecule has 1 N–H and O–H groups in total. The largest absolute Gasteiger partial charge is 0.324 e. The number of aryl methyl sites for hydroxylation is 1. The maximum atomic E-state index is 12.4. The van der Waals surface area contributed by atoms with Gasteiger partial charge in [0.05, 0.1) is 22.2 Å². The summed E-state index contributed by atoms with van der Waals surface area (Å²) in [5.74, 6) is 0.313. The van der Waals surface area contributed by atoms with Crippen molar-refractivity contribution in [3.05, 3.63) is 58.6 Å². The Kier molecular flexibility index (Phi) is 4.95. The van der Waals surface area contributed by atoms with Crippen LogP contribution in [-0.4, -0.2) is 39.5 Å². The Labute approximate surface area is 171 Å². The van der Waals surface area contributed by atoms with Gasteiger partial charge in [-0.2, -0.15) is 4.99 Å². The standard InChI is InChI=1S/C20H17ClN4O2S/c1-11-7-8-16(14(21)9-11)22-17(26)10-28-20-23-15-6-4-3-5-13(15)18-24-19(27)12(2)25(18)20/h3-9,12H,10H2,1-2H3,(H,22,26). The van der Waals surface area contributed by atoms with Crippen LogP contribution in [0.25, 0.3) is 0 Å². The van der Waals surface area contributed by atoms with Gasteiger partial charge < -0.3 is 5.32 Å². The molecule has 1 atom stereocenters. The number of para-hydroxylation sites is 1. The number of fused-ring (bicyclic) bond motifs is 3. The number of hydrogen-bond donors (Lipinski definition) is 1. The Morgan fingerprint density at radius 3 is 2.82 bits per heavy atom. The van der Waals surface area contributed by atoms with Crippen LogP contribution >= 0.6 is 23.4 Å². The van der Waals surface area contributed by atoms with Crippen molar-refractivity contribution in [3.8, 4) is 0 Å². The maximum absolute atomic E-state index is 12.4. The van der Waals surface area contributed by atoms with Gasteiger partial charge in [-0.15, -0.1) is 0 Å². The first-order valence-electron chi connectivity index (χ1n) is 8.72. The van der Waals surface area contributed by atoms with Crippen LogP contribution in [0, 0.1) is 6.92 Å². The predicted molar refractivity (Wildman–Crippen MR) is 114 cm³/mol. The molecule has 142 valence electrons. The number of benzene rings is 2. The fraction of sp³-hybridized carbons (Fsp3) is 0.200. The first-order valence-corrected chi connectivity index (χ1v) is 10.1. The molecular weight excluding hydrogens is 396 g/mol. The molecule has 28 heavy (non-hydrogen) atoms. The van der Waals surface area contributed by atoms with Crippen LogP contribution in [-0.2, 0) is 9.59 Å². The number of aliphatic imine (C=N–C) groups is 2. The van der Waals surface area contributed by atoms with E-state index in [-0.39, 0.29) is 17.6 Å². The molecule has 0 bridgehead atoms. The summed E-state index contributed by atoms with van der Waals surface area (Å²) in [5, 5.41) is 3.89. The Morgan fingerprint density at radius 2 is 2.04 bits per heavy atom. The van der Waals surface area contributed by atoms with E-state index in [1.165, 1.54) is 11.8 Å². The van der Waals surface area contributed by atoms with E-state index in [2.05, 4.69) is 15.3 Å². The second kappa shape index (κ2) is 7.41. The summed E-state index contributed by atoms with van der Waals surface area (Å²) in [7, 11) is 0. The molecule has 2 aromatic carbocycles. The van der Waals surface area contributed by atoms with E-state index in [0.29, 0.717) is 21.7 Å². The summed E-state index contributed by atoms with van der Waals surface area (Å²) >= 11 is 7.45. The zero-order valence-electron chi connectivity index (χ0n) is 15.3. The molecular formula is C20H17ClN4O2S. The smallest absolute Gasteiger partial charge is 0.270 e. The van der Waals surface area contributed by atoms with Crippen molar-refractivity contribution in [2.24, 2.45) is 9.98 Å². The molecule has 0 saturated carbocycles. The van der Waals surface area contributed by atoms with Crippen LogP contribution in [0.5, 0.6) is 0 Å². The maximum Gasteiger partial charge on any atom is 0.270 e. The molecule has 0 saturated heterocycles. The molecule has 2 heterocycles. The van der Waals surface area contributed by atoms with Gasteiger partial charge in [0.1, 0.15) is 11.9 Å². The highest BCUT2D eigenvalue weighted by Gasteiger charge is 2.39. The highest BCUT2D eigenvalue weighted by atomic mass is 35.5. The molecule has 1 unspecified atom stereocenters. The number of thioether (sulfide) groups is 1. The summed E-state index contributed by atoms with van der Waals surface area (Å²) in [4.78, 5) is 35.2. The first kappa shape index (κ1) is 18.7. The van der Waals surface area contributed by atoms with Crippen molar-refractivity contribution in [1.82, 2.24) is 4.90 Å². The Morgan fingerprint density at radius 1 is 1.25 bits per heavy atom. The molecule has 0 radical (unpaired) electrons. The Bertz CT molecular complexity index is 1050. The molecule has 0 aromatic heterocycles. The minimum absolute atomic E-state index is 0.135. The van der Waals surface area contributed by atoms with Crippen LogP contribution in [0.4, 0.5) is 11.4 Å².